The summed E-state index contributed by atoms with van der Waals surface area (Å²) in [7, 11) is 3.49. The zero-order chi connectivity index (χ0) is 29.6. The molecule has 5 aromatic rings. The minimum Gasteiger partial charge on any atom is -0.491 e. The second-order valence-electron chi connectivity index (χ2n) is 10.8. The molecule has 0 aliphatic heterocycles. The summed E-state index contributed by atoms with van der Waals surface area (Å²) in [6.45, 7) is 17.8. The van der Waals surface area contributed by atoms with Gasteiger partial charge in [-0.15, -0.1) is 11.3 Å². The maximum atomic E-state index is 6.13. The van der Waals surface area contributed by atoms with E-state index in [9.17, 15) is 0 Å². The predicted octanol–water partition coefficient (Wildman–Crippen LogP) is 9.69. The number of pyridine rings is 2. The smallest absolute Gasteiger partial charge is 0.180 e. The van der Waals surface area contributed by atoms with Crippen LogP contribution in [0.4, 0.5) is 0 Å². The lowest BCUT2D eigenvalue weighted by Gasteiger charge is -2.21. The van der Waals surface area contributed by atoms with Gasteiger partial charge in [-0.25, -0.2) is 0 Å². The van der Waals surface area contributed by atoms with Crippen LogP contribution in [0.3, 0.4) is 0 Å². The van der Waals surface area contributed by atoms with E-state index in [4.69, 9.17) is 9.47 Å². The molecule has 0 N–H and O–H groups in total. The monoisotopic (exact) mass is 562 g/mol. The summed E-state index contributed by atoms with van der Waals surface area (Å²) in [5.74, 6) is 1.59. The highest BCUT2D eigenvalue weighted by atomic mass is 32.1. The van der Waals surface area contributed by atoms with Crippen molar-refractivity contribution in [2.24, 2.45) is 0 Å². The molecular weight excluding hydrogens is 524 g/mol. The Kier molecular flexibility index (Phi) is 7.76. The largest absolute Gasteiger partial charge is 0.491 e. The highest BCUT2D eigenvalue weighted by Crippen LogP contribution is 2.56. The van der Waals surface area contributed by atoms with Gasteiger partial charge in [-0.3, -0.25) is 9.97 Å². The molecule has 3 aromatic heterocycles. The van der Waals surface area contributed by atoms with E-state index < -0.39 is 0 Å². The number of aromatic nitrogens is 2. The second kappa shape index (κ2) is 11.1. The molecule has 0 unspecified atom stereocenters. The first kappa shape index (κ1) is 28.6. The van der Waals surface area contributed by atoms with Crippen molar-refractivity contribution in [1.29, 1.82) is 0 Å². The van der Waals surface area contributed by atoms with Crippen LogP contribution in [0.5, 0.6) is 11.5 Å². The van der Waals surface area contributed by atoms with Gasteiger partial charge in [-0.2, -0.15) is 0 Å². The van der Waals surface area contributed by atoms with Crippen LogP contribution in [0.2, 0.25) is 0 Å². The van der Waals surface area contributed by atoms with E-state index in [-0.39, 0.29) is 0 Å². The maximum Gasteiger partial charge on any atom is 0.180 e. The third-order valence-corrected chi connectivity index (χ3v) is 10.1. The van der Waals surface area contributed by atoms with Gasteiger partial charge < -0.3 is 9.47 Å². The standard InChI is InChI=1S/C36H38N2O2S/c1-19-23(5)31(24(6)20(2)29(19)27-11-15-37-16-12-27)35-33(39-9)34(40-10)36(41-35)32-25(7)21(3)30(22(4)26(32)8)28-13-17-38-18-14-28/h11-18H,1-10H3. The Hall–Kier alpha value is -3.96. The van der Waals surface area contributed by atoms with Crippen molar-refractivity contribution in [1.82, 2.24) is 9.97 Å². The van der Waals surface area contributed by atoms with E-state index >= 15 is 0 Å². The van der Waals surface area contributed by atoms with Gasteiger partial charge >= 0.3 is 0 Å². The van der Waals surface area contributed by atoms with Crippen LogP contribution in [0.25, 0.3) is 43.1 Å². The highest BCUT2D eigenvalue weighted by Gasteiger charge is 2.29. The van der Waals surface area contributed by atoms with Crippen LogP contribution >= 0.6 is 11.3 Å². The molecule has 0 bridgehead atoms. The molecule has 4 nitrogen and oxygen atoms in total. The van der Waals surface area contributed by atoms with Crippen LogP contribution in [-0.4, -0.2) is 24.2 Å². The summed E-state index contributed by atoms with van der Waals surface area (Å²) < 4.78 is 12.3. The minimum absolute atomic E-state index is 0.793. The normalized spacial score (nSPS) is 11.2. The maximum absolute atomic E-state index is 6.13. The average molecular weight is 563 g/mol. The molecule has 41 heavy (non-hydrogen) atoms. The molecule has 0 aliphatic carbocycles. The predicted molar refractivity (Wildman–Crippen MR) is 173 cm³/mol. The Morgan fingerprint density at radius 2 is 0.707 bits per heavy atom. The summed E-state index contributed by atoms with van der Waals surface area (Å²) in [6, 6.07) is 8.36. The van der Waals surface area contributed by atoms with Gasteiger partial charge in [-0.05, 0) is 146 Å². The second-order valence-corrected chi connectivity index (χ2v) is 11.8. The number of hydrogen-bond donors (Lipinski definition) is 0. The Morgan fingerprint density at radius 1 is 0.439 bits per heavy atom. The molecule has 0 spiro atoms. The van der Waals surface area contributed by atoms with Gasteiger partial charge in [0.05, 0.1) is 24.0 Å². The van der Waals surface area contributed by atoms with E-state index in [0.29, 0.717) is 0 Å². The SMILES string of the molecule is COc1c(-c2c(C)c(C)c(-c3ccncc3)c(C)c2C)sc(-c2c(C)c(C)c(-c3ccncc3)c(C)c2C)c1OC. The molecule has 0 amide bonds. The Morgan fingerprint density at radius 3 is 0.976 bits per heavy atom. The number of ether oxygens (including phenoxy) is 2. The quantitative estimate of drug-likeness (QED) is 0.207. The summed E-state index contributed by atoms with van der Waals surface area (Å²) in [5.41, 5.74) is 17.5. The number of benzene rings is 2. The first-order valence-electron chi connectivity index (χ1n) is 13.9. The molecule has 210 valence electrons. The lowest BCUT2D eigenvalue weighted by Crippen LogP contribution is -2.00. The fourth-order valence-electron chi connectivity index (χ4n) is 6.31. The third-order valence-electron chi connectivity index (χ3n) is 8.87. The Labute approximate surface area is 248 Å². The average Bonchev–Trinajstić information content (AvgIpc) is 3.34. The third kappa shape index (κ3) is 4.53. The summed E-state index contributed by atoms with van der Waals surface area (Å²) in [6.07, 6.45) is 7.45. The Bertz CT molecular complexity index is 1580. The summed E-state index contributed by atoms with van der Waals surface area (Å²) in [5, 5.41) is 0. The summed E-state index contributed by atoms with van der Waals surface area (Å²) >= 11 is 1.77. The molecule has 0 saturated heterocycles. The van der Waals surface area contributed by atoms with Crippen molar-refractivity contribution in [3.63, 3.8) is 0 Å². The van der Waals surface area contributed by atoms with Crippen LogP contribution in [-0.2, 0) is 0 Å². The molecule has 0 radical (unpaired) electrons. The van der Waals surface area contributed by atoms with E-state index in [1.807, 2.05) is 24.8 Å². The van der Waals surface area contributed by atoms with Gasteiger partial charge in [0.2, 0.25) is 0 Å². The van der Waals surface area contributed by atoms with Gasteiger partial charge in [0.15, 0.2) is 11.5 Å². The summed E-state index contributed by atoms with van der Waals surface area (Å²) in [4.78, 5) is 10.7. The lowest BCUT2D eigenvalue weighted by atomic mass is 9.85. The molecular formula is C36H38N2O2S. The van der Waals surface area contributed by atoms with E-state index in [1.165, 1.54) is 77.9 Å². The molecule has 0 fully saturated rings. The number of hydrogen-bond acceptors (Lipinski definition) is 5. The van der Waals surface area contributed by atoms with Crippen molar-refractivity contribution in [3.8, 4) is 54.6 Å². The molecule has 0 atom stereocenters. The van der Waals surface area contributed by atoms with Crippen molar-refractivity contribution in [2.45, 2.75) is 55.4 Å². The zero-order valence-electron chi connectivity index (χ0n) is 25.7. The van der Waals surface area contributed by atoms with Crippen molar-refractivity contribution < 1.29 is 9.47 Å². The van der Waals surface area contributed by atoms with Crippen LogP contribution in [0.1, 0.15) is 44.5 Å². The molecule has 5 rings (SSSR count). The van der Waals surface area contributed by atoms with Crippen LogP contribution < -0.4 is 9.47 Å². The van der Waals surface area contributed by atoms with E-state index in [1.54, 1.807) is 25.6 Å². The molecule has 5 heteroatoms. The minimum atomic E-state index is 0.793. The van der Waals surface area contributed by atoms with E-state index in [2.05, 4.69) is 89.6 Å². The fraction of sp³-hybridized carbons (Fsp3) is 0.278. The first-order chi connectivity index (χ1) is 19.6. The van der Waals surface area contributed by atoms with E-state index in [0.717, 1.165) is 21.3 Å². The number of rotatable bonds is 6. The highest BCUT2D eigenvalue weighted by molar-refractivity contribution is 7.19. The fourth-order valence-corrected chi connectivity index (χ4v) is 7.87. The molecule has 0 saturated carbocycles. The molecule has 2 aromatic carbocycles. The topological polar surface area (TPSA) is 44.2 Å². The Balaban J connectivity index is 1.79. The lowest BCUT2D eigenvalue weighted by molar-refractivity contribution is 0.360. The van der Waals surface area contributed by atoms with Crippen molar-refractivity contribution in [2.75, 3.05) is 14.2 Å². The van der Waals surface area contributed by atoms with Crippen LogP contribution in [0, 0.1) is 55.4 Å². The number of thiophene rings is 1. The number of methoxy groups -OCH3 is 2. The van der Waals surface area contributed by atoms with Gasteiger partial charge in [0.1, 0.15) is 0 Å². The van der Waals surface area contributed by atoms with Gasteiger partial charge in [0, 0.05) is 35.9 Å². The van der Waals surface area contributed by atoms with Crippen LogP contribution in [0.15, 0.2) is 49.1 Å². The molecule has 0 aliphatic rings. The van der Waals surface area contributed by atoms with Gasteiger partial charge in [0.25, 0.3) is 0 Å². The van der Waals surface area contributed by atoms with Gasteiger partial charge in [-0.1, -0.05) is 0 Å². The zero-order valence-corrected chi connectivity index (χ0v) is 26.6. The molecule has 3 heterocycles. The number of nitrogens with zero attached hydrogens (tertiary/aromatic N) is 2. The van der Waals surface area contributed by atoms with Crippen molar-refractivity contribution in [3.05, 3.63) is 93.6 Å². The van der Waals surface area contributed by atoms with Crippen molar-refractivity contribution >= 4 is 11.3 Å². The first-order valence-corrected chi connectivity index (χ1v) is 14.7.